The standard InChI is InChI=1S/C24H22N4O2/c25-22(29)18-10-8-16(9-11-18)5-4-13-26-23-21-19(12-14-27-24(21)30)15-20(28-23)17-6-2-1-3-7-17/h1-3,6-12,14-15H,4-5,13H2,(H2,25,29)(H,26,28)(H,27,30). The van der Waals surface area contributed by atoms with Gasteiger partial charge in [-0.05, 0) is 48.1 Å². The number of fused-ring (bicyclic) bond motifs is 1. The molecule has 0 unspecified atom stereocenters. The van der Waals surface area contributed by atoms with Crippen LogP contribution in [0.3, 0.4) is 0 Å². The number of hydrogen-bond acceptors (Lipinski definition) is 4. The lowest BCUT2D eigenvalue weighted by Crippen LogP contribution is -2.12. The molecule has 4 aromatic rings. The highest BCUT2D eigenvalue weighted by Crippen LogP contribution is 2.25. The topological polar surface area (TPSA) is 101 Å². The average Bonchev–Trinajstić information content (AvgIpc) is 2.77. The van der Waals surface area contributed by atoms with E-state index in [1.807, 2.05) is 54.6 Å². The molecule has 0 atom stereocenters. The van der Waals surface area contributed by atoms with Gasteiger partial charge in [-0.15, -0.1) is 0 Å². The van der Waals surface area contributed by atoms with Crippen molar-refractivity contribution < 1.29 is 4.79 Å². The second-order valence-electron chi connectivity index (χ2n) is 7.08. The number of H-pyrrole nitrogens is 1. The number of aryl methyl sites for hydroxylation is 1. The number of rotatable bonds is 7. The van der Waals surface area contributed by atoms with E-state index in [-0.39, 0.29) is 5.56 Å². The van der Waals surface area contributed by atoms with Crippen LogP contribution in [0.15, 0.2) is 77.7 Å². The van der Waals surface area contributed by atoms with Crippen molar-refractivity contribution in [3.63, 3.8) is 0 Å². The van der Waals surface area contributed by atoms with Gasteiger partial charge in [-0.25, -0.2) is 4.98 Å². The molecule has 0 radical (unpaired) electrons. The molecule has 150 valence electrons. The van der Waals surface area contributed by atoms with Gasteiger partial charge in [0.1, 0.15) is 5.82 Å². The summed E-state index contributed by atoms with van der Waals surface area (Å²) in [6.45, 7) is 0.659. The molecule has 0 aliphatic rings. The Morgan fingerprint density at radius 2 is 1.80 bits per heavy atom. The molecular formula is C24H22N4O2. The summed E-state index contributed by atoms with van der Waals surface area (Å²) in [6.07, 6.45) is 3.33. The van der Waals surface area contributed by atoms with E-state index in [1.54, 1.807) is 18.3 Å². The average molecular weight is 398 g/mol. The lowest BCUT2D eigenvalue weighted by atomic mass is 10.1. The number of anilines is 1. The monoisotopic (exact) mass is 398 g/mol. The molecule has 2 aromatic heterocycles. The number of hydrogen-bond donors (Lipinski definition) is 3. The predicted octanol–water partition coefficient (Wildman–Crippen LogP) is 3.73. The van der Waals surface area contributed by atoms with Gasteiger partial charge >= 0.3 is 0 Å². The molecule has 0 saturated heterocycles. The predicted molar refractivity (Wildman–Crippen MR) is 120 cm³/mol. The number of pyridine rings is 2. The van der Waals surface area contributed by atoms with Gasteiger partial charge in [-0.2, -0.15) is 0 Å². The highest BCUT2D eigenvalue weighted by Gasteiger charge is 2.10. The number of benzene rings is 2. The van der Waals surface area contributed by atoms with E-state index < -0.39 is 5.91 Å². The van der Waals surface area contributed by atoms with Crippen molar-refractivity contribution in [3.05, 3.63) is 94.4 Å². The van der Waals surface area contributed by atoms with Gasteiger partial charge in [-0.3, -0.25) is 9.59 Å². The number of primary amides is 1. The summed E-state index contributed by atoms with van der Waals surface area (Å²) in [5.41, 5.74) is 8.56. The zero-order chi connectivity index (χ0) is 20.9. The fourth-order valence-corrected chi connectivity index (χ4v) is 3.43. The van der Waals surface area contributed by atoms with Crippen molar-refractivity contribution in [2.75, 3.05) is 11.9 Å². The zero-order valence-electron chi connectivity index (χ0n) is 16.4. The van der Waals surface area contributed by atoms with E-state index in [9.17, 15) is 9.59 Å². The van der Waals surface area contributed by atoms with Gasteiger partial charge in [0, 0.05) is 23.9 Å². The first-order chi connectivity index (χ1) is 14.6. The maximum absolute atomic E-state index is 12.4. The zero-order valence-corrected chi connectivity index (χ0v) is 16.4. The summed E-state index contributed by atoms with van der Waals surface area (Å²) in [5.74, 6) is 0.155. The second kappa shape index (κ2) is 8.61. The molecule has 1 amide bonds. The minimum absolute atomic E-state index is 0.163. The Morgan fingerprint density at radius 3 is 2.53 bits per heavy atom. The van der Waals surface area contributed by atoms with Gasteiger partial charge in [0.05, 0.1) is 11.1 Å². The van der Waals surface area contributed by atoms with Crippen molar-refractivity contribution in [2.24, 2.45) is 5.73 Å². The Kier molecular flexibility index (Phi) is 5.57. The molecule has 0 aliphatic carbocycles. The highest BCUT2D eigenvalue weighted by atomic mass is 16.1. The molecule has 4 N–H and O–H groups in total. The smallest absolute Gasteiger partial charge is 0.259 e. The first-order valence-electron chi connectivity index (χ1n) is 9.82. The van der Waals surface area contributed by atoms with Crippen LogP contribution in [-0.2, 0) is 6.42 Å². The highest BCUT2D eigenvalue weighted by molar-refractivity contribution is 5.94. The molecule has 2 aromatic carbocycles. The van der Waals surface area contributed by atoms with Gasteiger partial charge < -0.3 is 16.0 Å². The fourth-order valence-electron chi connectivity index (χ4n) is 3.43. The van der Waals surface area contributed by atoms with Crippen LogP contribution >= 0.6 is 0 Å². The second-order valence-corrected chi connectivity index (χ2v) is 7.08. The number of carbonyl (C=O) groups is 1. The summed E-state index contributed by atoms with van der Waals surface area (Å²) in [6, 6.07) is 21.0. The van der Waals surface area contributed by atoms with Crippen molar-refractivity contribution >= 4 is 22.5 Å². The maximum Gasteiger partial charge on any atom is 0.259 e. The van der Waals surface area contributed by atoms with Crippen molar-refractivity contribution in [1.82, 2.24) is 9.97 Å². The van der Waals surface area contributed by atoms with E-state index in [4.69, 9.17) is 10.7 Å². The minimum atomic E-state index is -0.426. The largest absolute Gasteiger partial charge is 0.369 e. The normalized spacial score (nSPS) is 10.8. The van der Waals surface area contributed by atoms with Crippen LogP contribution in [0.1, 0.15) is 22.3 Å². The summed E-state index contributed by atoms with van der Waals surface area (Å²) < 4.78 is 0. The molecule has 2 heterocycles. The number of nitrogens with zero attached hydrogens (tertiary/aromatic N) is 1. The summed E-state index contributed by atoms with van der Waals surface area (Å²) >= 11 is 0. The van der Waals surface area contributed by atoms with E-state index in [1.165, 1.54) is 0 Å². The van der Waals surface area contributed by atoms with Crippen LogP contribution in [0.5, 0.6) is 0 Å². The van der Waals surface area contributed by atoms with Gasteiger partial charge in [0.25, 0.3) is 5.56 Å². The number of nitrogens with two attached hydrogens (primary N) is 1. The van der Waals surface area contributed by atoms with Crippen LogP contribution in [0.4, 0.5) is 5.82 Å². The van der Waals surface area contributed by atoms with Crippen LogP contribution in [-0.4, -0.2) is 22.4 Å². The van der Waals surface area contributed by atoms with Crippen molar-refractivity contribution in [2.45, 2.75) is 12.8 Å². The lowest BCUT2D eigenvalue weighted by Gasteiger charge is -2.11. The molecule has 6 nitrogen and oxygen atoms in total. The third-order valence-corrected chi connectivity index (χ3v) is 5.00. The molecule has 4 rings (SSSR count). The van der Waals surface area contributed by atoms with Crippen LogP contribution in [0, 0.1) is 0 Å². The van der Waals surface area contributed by atoms with Crippen LogP contribution in [0.25, 0.3) is 22.0 Å². The summed E-state index contributed by atoms with van der Waals surface area (Å²) in [4.78, 5) is 31.0. The van der Waals surface area contributed by atoms with Crippen LogP contribution in [0.2, 0.25) is 0 Å². The molecule has 0 fully saturated rings. The van der Waals surface area contributed by atoms with E-state index in [2.05, 4.69) is 10.3 Å². The number of amides is 1. The quantitative estimate of drug-likeness (QED) is 0.413. The molecule has 0 saturated carbocycles. The van der Waals surface area contributed by atoms with Crippen LogP contribution < -0.4 is 16.6 Å². The Bertz CT molecular complexity index is 1230. The first kappa shape index (κ1) is 19.4. The Hall–Kier alpha value is -3.93. The minimum Gasteiger partial charge on any atom is -0.369 e. The summed E-state index contributed by atoms with van der Waals surface area (Å²) in [5, 5.41) is 4.74. The number of carbonyl (C=O) groups excluding carboxylic acids is 1. The van der Waals surface area contributed by atoms with E-state index in [0.29, 0.717) is 23.3 Å². The van der Waals surface area contributed by atoms with Crippen molar-refractivity contribution in [1.29, 1.82) is 0 Å². The number of nitrogens with one attached hydrogen (secondary N) is 2. The van der Waals surface area contributed by atoms with Gasteiger partial charge in [0.15, 0.2) is 0 Å². The maximum atomic E-state index is 12.4. The van der Waals surface area contributed by atoms with Crippen molar-refractivity contribution in [3.8, 4) is 11.3 Å². The molecule has 30 heavy (non-hydrogen) atoms. The molecule has 6 heteroatoms. The lowest BCUT2D eigenvalue weighted by molar-refractivity contribution is 0.100. The SMILES string of the molecule is NC(=O)c1ccc(CCCNc2nc(-c3ccccc3)cc3cc[nH]c(=O)c23)cc1. The molecular weight excluding hydrogens is 376 g/mol. The summed E-state index contributed by atoms with van der Waals surface area (Å²) in [7, 11) is 0. The third-order valence-electron chi connectivity index (χ3n) is 5.00. The number of aromatic amines is 1. The molecule has 0 aliphatic heterocycles. The number of aromatic nitrogens is 2. The molecule has 0 bridgehead atoms. The first-order valence-corrected chi connectivity index (χ1v) is 9.82. The Labute approximate surface area is 173 Å². The Morgan fingerprint density at radius 1 is 1.03 bits per heavy atom. The van der Waals surface area contributed by atoms with E-state index >= 15 is 0 Å². The fraction of sp³-hybridized carbons (Fsp3) is 0.125. The van der Waals surface area contributed by atoms with E-state index in [0.717, 1.165) is 35.0 Å². The Balaban J connectivity index is 1.52. The molecule has 0 spiro atoms. The van der Waals surface area contributed by atoms with Gasteiger partial charge in [-0.1, -0.05) is 42.5 Å². The van der Waals surface area contributed by atoms with Gasteiger partial charge in [0.2, 0.25) is 5.91 Å². The third kappa shape index (κ3) is 4.22.